The van der Waals surface area contributed by atoms with Gasteiger partial charge in [0, 0.05) is 37.3 Å². The first-order valence-electron chi connectivity index (χ1n) is 17.2. The molecule has 282 valence electrons. The molecule has 0 saturated carbocycles. The summed E-state index contributed by atoms with van der Waals surface area (Å²) in [5.41, 5.74) is 1.23. The molecule has 16 heteroatoms. The van der Waals surface area contributed by atoms with E-state index in [0.29, 0.717) is 30.8 Å². The SMILES string of the molecule is C=C1C[C@@H](C2OCCN2C(=O)OCc2ccc(NC(=O)[C@H](C)NC(=O)[C@@H](NC(=O)CCN3C(=O)C=CC3=O)C(C)C)cc2)N(C(=O)OC(C)(C)C)C1. The number of likely N-dealkylation sites (tertiary alicyclic amines) is 1. The van der Waals surface area contributed by atoms with Crippen LogP contribution in [0.5, 0.6) is 0 Å². The first kappa shape index (κ1) is 39.5. The number of imide groups is 1. The van der Waals surface area contributed by atoms with Crippen LogP contribution in [0.25, 0.3) is 0 Å². The van der Waals surface area contributed by atoms with Crippen LogP contribution in [0.1, 0.15) is 59.9 Å². The molecule has 2 fully saturated rings. The van der Waals surface area contributed by atoms with Crippen molar-refractivity contribution in [3.63, 3.8) is 0 Å². The number of nitrogens with one attached hydrogen (secondary N) is 3. The second kappa shape index (κ2) is 16.8. The Bertz CT molecular complexity index is 1580. The Hall–Kier alpha value is -5.25. The Balaban J connectivity index is 1.24. The highest BCUT2D eigenvalue weighted by Crippen LogP contribution is 2.31. The number of amides is 7. The molecule has 0 aromatic heterocycles. The number of carbonyl (C=O) groups is 7. The van der Waals surface area contributed by atoms with Gasteiger partial charge in [0.2, 0.25) is 17.7 Å². The van der Waals surface area contributed by atoms with Gasteiger partial charge in [0.05, 0.1) is 19.2 Å². The van der Waals surface area contributed by atoms with E-state index in [-0.39, 0.29) is 32.1 Å². The van der Waals surface area contributed by atoms with Crippen molar-refractivity contribution in [3.05, 3.63) is 54.1 Å². The van der Waals surface area contributed by atoms with Crippen molar-refractivity contribution in [3.8, 4) is 0 Å². The Kier molecular flexibility index (Phi) is 12.8. The van der Waals surface area contributed by atoms with Gasteiger partial charge >= 0.3 is 12.2 Å². The number of ether oxygens (including phenoxy) is 3. The van der Waals surface area contributed by atoms with Gasteiger partial charge in [-0.05, 0) is 57.7 Å². The highest BCUT2D eigenvalue weighted by molar-refractivity contribution is 6.13. The lowest BCUT2D eigenvalue weighted by atomic mass is 10.0. The Morgan fingerprint density at radius 2 is 1.60 bits per heavy atom. The molecule has 4 rings (SSSR count). The fraction of sp³-hybridized carbons (Fsp3) is 0.528. The zero-order valence-electron chi connectivity index (χ0n) is 30.4. The van der Waals surface area contributed by atoms with Gasteiger partial charge < -0.3 is 30.2 Å². The van der Waals surface area contributed by atoms with Crippen molar-refractivity contribution in [1.82, 2.24) is 25.3 Å². The van der Waals surface area contributed by atoms with E-state index in [4.69, 9.17) is 14.2 Å². The van der Waals surface area contributed by atoms with Crippen molar-refractivity contribution < 1.29 is 47.8 Å². The first-order chi connectivity index (χ1) is 24.4. The Morgan fingerprint density at radius 1 is 0.942 bits per heavy atom. The van der Waals surface area contributed by atoms with Crippen molar-refractivity contribution >= 4 is 47.4 Å². The summed E-state index contributed by atoms with van der Waals surface area (Å²) >= 11 is 0. The largest absolute Gasteiger partial charge is 0.444 e. The molecule has 2 saturated heterocycles. The van der Waals surface area contributed by atoms with Crippen LogP contribution in [0, 0.1) is 5.92 Å². The number of rotatable bonds is 12. The number of anilines is 1. The summed E-state index contributed by atoms with van der Waals surface area (Å²) in [5, 5.41) is 7.95. The molecule has 0 aliphatic carbocycles. The molecule has 16 nitrogen and oxygen atoms in total. The van der Waals surface area contributed by atoms with Crippen LogP contribution in [-0.2, 0) is 44.8 Å². The van der Waals surface area contributed by atoms with Crippen LogP contribution in [0.4, 0.5) is 15.3 Å². The van der Waals surface area contributed by atoms with Crippen LogP contribution in [0.2, 0.25) is 0 Å². The van der Waals surface area contributed by atoms with Crippen molar-refractivity contribution in [2.75, 3.05) is 31.6 Å². The van der Waals surface area contributed by atoms with Gasteiger partial charge in [-0.25, -0.2) is 9.59 Å². The lowest BCUT2D eigenvalue weighted by molar-refractivity contribution is -0.137. The van der Waals surface area contributed by atoms with Gasteiger partial charge in [0.15, 0.2) is 6.23 Å². The van der Waals surface area contributed by atoms with E-state index < -0.39 is 71.7 Å². The third kappa shape index (κ3) is 10.4. The van der Waals surface area contributed by atoms with Crippen LogP contribution in [0.15, 0.2) is 48.6 Å². The predicted octanol–water partition coefficient (Wildman–Crippen LogP) is 2.45. The van der Waals surface area contributed by atoms with Crippen molar-refractivity contribution in [1.29, 1.82) is 0 Å². The summed E-state index contributed by atoms with van der Waals surface area (Å²) < 4.78 is 17.0. The standard InChI is InChI=1S/C36H48N6O10/c1-21(2)30(39-27(43)14-15-40-28(44)12-13-29(40)45)32(47)37-23(4)31(46)38-25-10-8-24(9-11-25)20-51-34(48)41-16-17-50-33(41)26-18-22(3)19-42(26)35(49)52-36(5,6)7/h8-13,21,23,26,30,33H,3,14-20H2,1-2,4-7H3,(H,37,47)(H,38,46)(H,39,43)/t23-,26-,30-,33?/m0/s1. The van der Waals surface area contributed by atoms with E-state index in [2.05, 4.69) is 22.5 Å². The number of hydrogen-bond acceptors (Lipinski definition) is 10. The van der Waals surface area contributed by atoms with E-state index in [1.165, 1.54) is 16.7 Å². The summed E-state index contributed by atoms with van der Waals surface area (Å²) in [6, 6.07) is 4.22. The van der Waals surface area contributed by atoms with Gasteiger partial charge in [-0.1, -0.05) is 38.1 Å². The summed E-state index contributed by atoms with van der Waals surface area (Å²) in [6.45, 7) is 15.0. The molecular formula is C36H48N6O10. The maximum Gasteiger partial charge on any atom is 0.412 e. The molecule has 0 bridgehead atoms. The molecule has 3 aliphatic heterocycles. The average molecular weight is 725 g/mol. The Labute approximate surface area is 302 Å². The molecule has 1 aromatic carbocycles. The smallest absolute Gasteiger partial charge is 0.412 e. The second-order valence-electron chi connectivity index (χ2n) is 14.3. The molecular weight excluding hydrogens is 676 g/mol. The van der Waals surface area contributed by atoms with Gasteiger partial charge in [0.25, 0.3) is 11.8 Å². The maximum atomic E-state index is 13.1. The quantitative estimate of drug-likeness (QED) is 0.213. The van der Waals surface area contributed by atoms with E-state index in [0.717, 1.165) is 22.6 Å². The highest BCUT2D eigenvalue weighted by atomic mass is 16.6. The molecule has 52 heavy (non-hydrogen) atoms. The molecule has 1 unspecified atom stereocenters. The molecule has 3 N–H and O–H groups in total. The average Bonchev–Trinajstić information content (AvgIpc) is 3.79. The minimum Gasteiger partial charge on any atom is -0.444 e. The van der Waals surface area contributed by atoms with Crippen LogP contribution in [0.3, 0.4) is 0 Å². The van der Waals surface area contributed by atoms with E-state index in [1.54, 1.807) is 58.9 Å². The molecule has 3 heterocycles. The predicted molar refractivity (Wildman–Crippen MR) is 187 cm³/mol. The van der Waals surface area contributed by atoms with Crippen molar-refractivity contribution in [2.24, 2.45) is 5.92 Å². The van der Waals surface area contributed by atoms with Gasteiger partial charge in [-0.15, -0.1) is 0 Å². The van der Waals surface area contributed by atoms with Crippen LogP contribution in [-0.4, -0.2) is 113 Å². The first-order valence-corrected chi connectivity index (χ1v) is 17.2. The summed E-state index contributed by atoms with van der Waals surface area (Å²) in [6.07, 6.45) is 0.711. The molecule has 3 aliphatic rings. The molecule has 7 amide bonds. The summed E-state index contributed by atoms with van der Waals surface area (Å²) in [7, 11) is 0. The van der Waals surface area contributed by atoms with Crippen molar-refractivity contribution in [2.45, 2.75) is 90.9 Å². The molecule has 4 atom stereocenters. The molecule has 0 radical (unpaired) electrons. The summed E-state index contributed by atoms with van der Waals surface area (Å²) in [4.78, 5) is 91.8. The maximum absolute atomic E-state index is 13.1. The lowest BCUT2D eigenvalue weighted by Gasteiger charge is -2.33. The zero-order chi connectivity index (χ0) is 38.3. The fourth-order valence-corrected chi connectivity index (χ4v) is 5.78. The van der Waals surface area contributed by atoms with E-state index in [1.807, 2.05) is 0 Å². The number of nitrogens with zero attached hydrogens (tertiary/aromatic N) is 3. The minimum atomic E-state index is -0.962. The second-order valence-corrected chi connectivity index (χ2v) is 14.3. The normalized spacial score (nSPS) is 19.9. The topological polar surface area (TPSA) is 193 Å². The van der Waals surface area contributed by atoms with Gasteiger partial charge in [0.1, 0.15) is 24.3 Å². The van der Waals surface area contributed by atoms with E-state index >= 15 is 0 Å². The lowest BCUT2D eigenvalue weighted by Crippen LogP contribution is -2.54. The van der Waals surface area contributed by atoms with Crippen LogP contribution < -0.4 is 16.0 Å². The third-order valence-electron chi connectivity index (χ3n) is 8.48. The third-order valence-corrected chi connectivity index (χ3v) is 8.48. The molecule has 0 spiro atoms. The van der Waals surface area contributed by atoms with Gasteiger partial charge in [-0.2, -0.15) is 0 Å². The number of benzene rings is 1. The molecule has 1 aromatic rings. The number of carbonyl (C=O) groups excluding carboxylic acids is 7. The monoisotopic (exact) mass is 724 g/mol. The highest BCUT2D eigenvalue weighted by Gasteiger charge is 2.45. The minimum absolute atomic E-state index is 0.0558. The Morgan fingerprint density at radius 3 is 2.21 bits per heavy atom. The fourth-order valence-electron chi connectivity index (χ4n) is 5.78. The van der Waals surface area contributed by atoms with E-state index in [9.17, 15) is 33.6 Å². The zero-order valence-corrected chi connectivity index (χ0v) is 30.4. The number of hydrogen-bond donors (Lipinski definition) is 3. The summed E-state index contributed by atoms with van der Waals surface area (Å²) in [5.74, 6) is -2.93. The van der Waals surface area contributed by atoms with Crippen LogP contribution >= 0.6 is 0 Å². The van der Waals surface area contributed by atoms with Gasteiger partial charge in [-0.3, -0.25) is 38.7 Å².